The fourth-order valence-corrected chi connectivity index (χ4v) is 4.05. The Morgan fingerprint density at radius 1 is 0.812 bits per heavy atom. The number of hydrogen-bond acceptors (Lipinski definition) is 4. The van der Waals surface area contributed by atoms with Gasteiger partial charge in [-0.2, -0.15) is 0 Å². The van der Waals surface area contributed by atoms with Crippen molar-refractivity contribution in [1.82, 2.24) is 4.90 Å². The molecule has 0 radical (unpaired) electrons. The van der Waals surface area contributed by atoms with E-state index >= 15 is 0 Å². The van der Waals surface area contributed by atoms with Gasteiger partial charge in [0.1, 0.15) is 11.5 Å². The quantitative estimate of drug-likeness (QED) is 0.147. The maximum atomic E-state index is 5.31. The van der Waals surface area contributed by atoms with Gasteiger partial charge < -0.3 is 14.4 Å². The summed E-state index contributed by atoms with van der Waals surface area (Å²) >= 11 is 5.25. The van der Waals surface area contributed by atoms with Crippen molar-refractivity contribution in [3.05, 3.63) is 88.4 Å². The summed E-state index contributed by atoms with van der Waals surface area (Å²) in [4.78, 5) is 7.30. The van der Waals surface area contributed by atoms with Crippen molar-refractivity contribution in [1.29, 1.82) is 0 Å². The summed E-state index contributed by atoms with van der Waals surface area (Å²) < 4.78 is 11.7. The molecule has 3 aromatic carbocycles. The van der Waals surface area contributed by atoms with Gasteiger partial charge in [0.2, 0.25) is 0 Å². The molecule has 0 saturated carbocycles. The highest BCUT2D eigenvalue weighted by Crippen LogP contribution is 2.24. The first-order valence-electron chi connectivity index (χ1n) is 10.1. The van der Waals surface area contributed by atoms with Gasteiger partial charge in [-0.25, -0.2) is 4.99 Å². The van der Waals surface area contributed by atoms with E-state index in [1.807, 2.05) is 48.5 Å². The van der Waals surface area contributed by atoms with Gasteiger partial charge in [-0.15, -0.1) is 24.0 Å². The van der Waals surface area contributed by atoms with E-state index in [9.17, 15) is 0 Å². The molecule has 0 aliphatic heterocycles. The zero-order valence-corrected chi connectivity index (χ0v) is 23.2. The minimum atomic E-state index is 0. The van der Waals surface area contributed by atoms with Crippen molar-refractivity contribution in [3.8, 4) is 11.5 Å². The number of hydrogen-bond donors (Lipinski definition) is 0. The Labute approximate surface area is 220 Å². The summed E-state index contributed by atoms with van der Waals surface area (Å²) in [6.45, 7) is 3.65. The maximum absolute atomic E-state index is 5.31. The zero-order chi connectivity index (χ0) is 22.1. The largest absolute Gasteiger partial charge is 0.497 e. The summed E-state index contributed by atoms with van der Waals surface area (Å²) in [5.41, 5.74) is 3.35. The van der Waals surface area contributed by atoms with Gasteiger partial charge in [0, 0.05) is 17.6 Å². The Balaban J connectivity index is 0.00000363. The van der Waals surface area contributed by atoms with Crippen LogP contribution in [0.5, 0.6) is 11.5 Å². The van der Waals surface area contributed by atoms with Crippen molar-refractivity contribution in [2.45, 2.75) is 20.0 Å². The molecule has 32 heavy (non-hydrogen) atoms. The van der Waals surface area contributed by atoms with Crippen molar-refractivity contribution >= 4 is 62.5 Å². The van der Waals surface area contributed by atoms with Gasteiger partial charge in [0.05, 0.1) is 19.9 Å². The normalized spacial score (nSPS) is 10.9. The zero-order valence-electron chi connectivity index (χ0n) is 18.5. The number of amidine groups is 1. The molecule has 0 fully saturated rings. The summed E-state index contributed by atoms with van der Waals surface area (Å²) in [5.74, 6) is 2.66. The van der Waals surface area contributed by atoms with Crippen molar-refractivity contribution in [2.24, 2.45) is 4.99 Å². The van der Waals surface area contributed by atoms with Gasteiger partial charge >= 0.3 is 0 Å². The number of benzene rings is 3. The molecule has 0 spiro atoms. The predicted octanol–water partition coefficient (Wildman–Crippen LogP) is 7.53. The monoisotopic (exact) mass is 626 g/mol. The molecule has 3 aromatic rings. The van der Waals surface area contributed by atoms with E-state index in [0.29, 0.717) is 0 Å². The number of thioether (sulfide) groups is 1. The topological polar surface area (TPSA) is 34.1 Å². The van der Waals surface area contributed by atoms with Crippen molar-refractivity contribution in [3.63, 3.8) is 0 Å². The van der Waals surface area contributed by atoms with Crippen LogP contribution in [0.3, 0.4) is 0 Å². The summed E-state index contributed by atoms with van der Waals surface area (Å²) in [6, 6.07) is 24.5. The molecule has 7 heteroatoms. The molecule has 4 nitrogen and oxygen atoms in total. The second-order valence-electron chi connectivity index (χ2n) is 6.86. The molecular formula is C25H28BrIN2O2S. The molecule has 3 rings (SSSR count). The lowest BCUT2D eigenvalue weighted by Gasteiger charge is -2.26. The Bertz CT molecular complexity index is 931. The van der Waals surface area contributed by atoms with Gasteiger partial charge in [0.15, 0.2) is 5.17 Å². The maximum Gasteiger partial charge on any atom is 0.164 e. The van der Waals surface area contributed by atoms with Crippen LogP contribution >= 0.6 is 51.7 Å². The van der Waals surface area contributed by atoms with Crippen LogP contribution < -0.4 is 9.47 Å². The molecule has 0 heterocycles. The summed E-state index contributed by atoms with van der Waals surface area (Å²) in [5, 5.41) is 0.997. The SMILES string of the molecule is CCSC(=Nc1ccc(Br)cc1)N(Cc1ccc(OC)cc1)Cc1ccc(OC)cc1.I. The number of halogens is 2. The Morgan fingerprint density at radius 3 is 1.69 bits per heavy atom. The van der Waals surface area contributed by atoms with Crippen LogP contribution in [0, 0.1) is 0 Å². The second kappa shape index (κ2) is 13.7. The van der Waals surface area contributed by atoms with Crippen LogP contribution in [0.2, 0.25) is 0 Å². The van der Waals surface area contributed by atoms with E-state index in [1.165, 1.54) is 11.1 Å². The van der Waals surface area contributed by atoms with Gasteiger partial charge in [-0.1, -0.05) is 58.9 Å². The third-order valence-corrected chi connectivity index (χ3v) is 6.09. The number of methoxy groups -OCH3 is 2. The Hall–Kier alpha value is -1.71. The van der Waals surface area contributed by atoms with E-state index < -0.39 is 0 Å². The highest BCUT2D eigenvalue weighted by atomic mass is 127. The smallest absolute Gasteiger partial charge is 0.164 e. The molecule has 0 atom stereocenters. The Kier molecular flexibility index (Phi) is 11.4. The molecular weight excluding hydrogens is 599 g/mol. The standard InChI is InChI=1S/C25H27BrN2O2S.HI/c1-4-31-25(27-22-11-9-21(26)10-12-22)28(17-19-5-13-23(29-2)14-6-19)18-20-7-15-24(30-3)16-8-20;/h5-16H,4,17-18H2,1-3H3;1H. The molecule has 0 N–H and O–H groups in total. The van der Waals surface area contributed by atoms with Crippen LogP contribution in [0.25, 0.3) is 0 Å². The van der Waals surface area contributed by atoms with Crippen LogP contribution in [-0.4, -0.2) is 30.0 Å². The molecule has 0 aromatic heterocycles. The first kappa shape index (κ1) is 26.5. The first-order chi connectivity index (χ1) is 15.1. The van der Waals surface area contributed by atoms with Crippen LogP contribution in [0.4, 0.5) is 5.69 Å². The van der Waals surface area contributed by atoms with Gasteiger partial charge in [0.25, 0.3) is 0 Å². The van der Waals surface area contributed by atoms with Crippen LogP contribution in [-0.2, 0) is 13.1 Å². The van der Waals surface area contributed by atoms with E-state index in [0.717, 1.165) is 45.7 Å². The van der Waals surface area contributed by atoms with E-state index in [1.54, 1.807) is 26.0 Å². The third kappa shape index (κ3) is 8.01. The van der Waals surface area contributed by atoms with Crippen molar-refractivity contribution < 1.29 is 9.47 Å². The first-order valence-corrected chi connectivity index (χ1v) is 11.9. The number of aliphatic imine (C=N–C) groups is 1. The summed E-state index contributed by atoms with van der Waals surface area (Å²) in [7, 11) is 3.37. The molecule has 0 bridgehead atoms. The van der Waals surface area contributed by atoms with Gasteiger partial charge in [-0.3, -0.25) is 0 Å². The molecule has 0 unspecified atom stereocenters. The van der Waals surface area contributed by atoms with E-state index in [-0.39, 0.29) is 24.0 Å². The molecule has 170 valence electrons. The van der Waals surface area contributed by atoms with Gasteiger partial charge in [-0.05, 0) is 65.4 Å². The average Bonchev–Trinajstić information content (AvgIpc) is 2.81. The lowest BCUT2D eigenvalue weighted by Crippen LogP contribution is -2.28. The van der Waals surface area contributed by atoms with Crippen molar-refractivity contribution in [2.75, 3.05) is 20.0 Å². The van der Waals surface area contributed by atoms with Crippen LogP contribution in [0.15, 0.2) is 82.3 Å². The lowest BCUT2D eigenvalue weighted by atomic mass is 10.1. The average molecular weight is 627 g/mol. The minimum absolute atomic E-state index is 0. The fraction of sp³-hybridized carbons (Fsp3) is 0.240. The molecule has 0 aliphatic rings. The molecule has 0 amide bonds. The van der Waals surface area contributed by atoms with E-state index in [4.69, 9.17) is 14.5 Å². The third-order valence-electron chi connectivity index (χ3n) is 4.66. The minimum Gasteiger partial charge on any atom is -0.497 e. The number of rotatable bonds is 8. The summed E-state index contributed by atoms with van der Waals surface area (Å²) in [6.07, 6.45) is 0. The number of nitrogens with zero attached hydrogens (tertiary/aromatic N) is 2. The van der Waals surface area contributed by atoms with Crippen LogP contribution in [0.1, 0.15) is 18.1 Å². The van der Waals surface area contributed by atoms with E-state index in [2.05, 4.69) is 52.0 Å². The molecule has 0 aliphatic carbocycles. The highest BCUT2D eigenvalue weighted by Gasteiger charge is 2.14. The lowest BCUT2D eigenvalue weighted by molar-refractivity contribution is 0.405. The second-order valence-corrected chi connectivity index (χ2v) is 9.00. The number of ether oxygens (including phenoxy) is 2. The highest BCUT2D eigenvalue weighted by molar-refractivity contribution is 14.0. The fourth-order valence-electron chi connectivity index (χ4n) is 3.04. The predicted molar refractivity (Wildman–Crippen MR) is 150 cm³/mol. The Morgan fingerprint density at radius 2 is 1.28 bits per heavy atom. The molecule has 0 saturated heterocycles.